The maximum Gasteiger partial charge on any atom is 0.303 e. The van der Waals surface area contributed by atoms with Crippen LogP contribution in [-0.2, 0) is 20.9 Å². The molecule has 0 aromatic heterocycles. The molecule has 0 fully saturated rings. The Hall–Kier alpha value is -2.70. The smallest absolute Gasteiger partial charge is 0.303 e. The highest BCUT2D eigenvalue weighted by Gasteiger charge is 2.24. The van der Waals surface area contributed by atoms with E-state index in [0.717, 1.165) is 5.56 Å². The highest BCUT2D eigenvalue weighted by atomic mass is 16.4. The second kappa shape index (κ2) is 8.81. The summed E-state index contributed by atoms with van der Waals surface area (Å²) < 4.78 is 0. The molecule has 2 N–H and O–H groups in total. The summed E-state index contributed by atoms with van der Waals surface area (Å²) in [5, 5.41) is 16.8. The molecule has 0 saturated carbocycles. The lowest BCUT2D eigenvalue weighted by Gasteiger charge is -2.23. The Morgan fingerprint density at radius 3 is 2.62 bits per heavy atom. The van der Waals surface area contributed by atoms with Crippen LogP contribution in [0, 0.1) is 0 Å². The summed E-state index contributed by atoms with van der Waals surface area (Å²) >= 11 is 0. The number of aliphatic carboxylic acids is 1. The molecule has 128 valence electrons. The highest BCUT2D eigenvalue weighted by molar-refractivity contribution is 6.39. The van der Waals surface area contributed by atoms with E-state index in [0.29, 0.717) is 38.1 Å². The Bertz CT molecular complexity index is 628. The minimum absolute atomic E-state index is 0.0934. The monoisotopic (exact) mass is 331 g/mol. The van der Waals surface area contributed by atoms with Crippen molar-refractivity contribution < 1.29 is 19.5 Å². The minimum atomic E-state index is -0.840. The fourth-order valence-electron chi connectivity index (χ4n) is 2.35. The van der Waals surface area contributed by atoms with Gasteiger partial charge in [-0.2, -0.15) is 5.10 Å². The number of rotatable bonds is 8. The van der Waals surface area contributed by atoms with Gasteiger partial charge in [0.05, 0.1) is 6.54 Å². The zero-order valence-corrected chi connectivity index (χ0v) is 13.4. The molecule has 0 saturated heterocycles. The quantitative estimate of drug-likeness (QED) is 0.706. The van der Waals surface area contributed by atoms with Gasteiger partial charge in [0, 0.05) is 25.8 Å². The van der Waals surface area contributed by atoms with Crippen LogP contribution in [0.5, 0.6) is 0 Å². The van der Waals surface area contributed by atoms with E-state index in [1.54, 1.807) is 0 Å². The Balaban J connectivity index is 1.87. The minimum Gasteiger partial charge on any atom is -0.481 e. The number of hydrogen-bond donors (Lipinski definition) is 2. The van der Waals surface area contributed by atoms with Gasteiger partial charge >= 0.3 is 5.97 Å². The molecule has 2 rings (SSSR count). The van der Waals surface area contributed by atoms with E-state index in [1.165, 1.54) is 5.01 Å². The van der Waals surface area contributed by atoms with E-state index in [1.807, 2.05) is 30.3 Å². The number of hydrogen-bond acceptors (Lipinski definition) is 4. The third-order valence-corrected chi connectivity index (χ3v) is 3.65. The second-order valence-electron chi connectivity index (χ2n) is 5.59. The lowest BCUT2D eigenvalue weighted by molar-refractivity contribution is -0.137. The van der Waals surface area contributed by atoms with Crippen LogP contribution >= 0.6 is 0 Å². The number of amides is 2. The average Bonchev–Trinajstić information content (AvgIpc) is 2.57. The fraction of sp³-hybridized carbons (Fsp3) is 0.412. The van der Waals surface area contributed by atoms with Crippen molar-refractivity contribution in [3.05, 3.63) is 35.9 Å². The van der Waals surface area contributed by atoms with Gasteiger partial charge in [-0.1, -0.05) is 30.3 Å². The third-order valence-electron chi connectivity index (χ3n) is 3.65. The first-order chi connectivity index (χ1) is 11.6. The summed E-state index contributed by atoms with van der Waals surface area (Å²) in [4.78, 5) is 34.5. The molecular formula is C17H21N3O4. The van der Waals surface area contributed by atoms with E-state index in [9.17, 15) is 14.4 Å². The Morgan fingerprint density at radius 1 is 1.17 bits per heavy atom. The first kappa shape index (κ1) is 17.7. The van der Waals surface area contributed by atoms with Gasteiger partial charge in [-0.05, 0) is 18.4 Å². The summed E-state index contributed by atoms with van der Waals surface area (Å²) in [6.07, 6.45) is 1.79. The van der Waals surface area contributed by atoms with Crippen LogP contribution in [0.3, 0.4) is 0 Å². The summed E-state index contributed by atoms with van der Waals surface area (Å²) in [7, 11) is 0. The van der Waals surface area contributed by atoms with Crippen molar-refractivity contribution in [2.45, 2.75) is 38.6 Å². The fourth-order valence-corrected chi connectivity index (χ4v) is 2.35. The Morgan fingerprint density at radius 2 is 1.92 bits per heavy atom. The molecule has 7 heteroatoms. The van der Waals surface area contributed by atoms with Gasteiger partial charge in [0.25, 0.3) is 5.91 Å². The topological polar surface area (TPSA) is 99.1 Å². The molecule has 0 unspecified atom stereocenters. The number of nitrogens with zero attached hydrogens (tertiary/aromatic N) is 2. The van der Waals surface area contributed by atoms with Gasteiger partial charge in [-0.15, -0.1) is 0 Å². The van der Waals surface area contributed by atoms with Crippen molar-refractivity contribution in [3.8, 4) is 0 Å². The molecule has 2 amide bonds. The molecule has 0 radical (unpaired) electrons. The number of unbranched alkanes of at least 4 members (excludes halogenated alkanes) is 1. The number of hydrazone groups is 1. The first-order valence-corrected chi connectivity index (χ1v) is 7.98. The number of carbonyl (C=O) groups is 3. The normalized spacial score (nSPS) is 14.2. The third kappa shape index (κ3) is 5.49. The molecular weight excluding hydrogens is 310 g/mol. The van der Waals surface area contributed by atoms with Crippen LogP contribution in [0.4, 0.5) is 0 Å². The molecule has 1 aliphatic heterocycles. The van der Waals surface area contributed by atoms with Crippen molar-refractivity contribution in [3.63, 3.8) is 0 Å². The van der Waals surface area contributed by atoms with Crippen LogP contribution in [0.2, 0.25) is 0 Å². The molecule has 7 nitrogen and oxygen atoms in total. The summed E-state index contributed by atoms with van der Waals surface area (Å²) in [6, 6.07) is 9.48. The number of carbonyl (C=O) groups excluding carboxylic acids is 2. The van der Waals surface area contributed by atoms with Gasteiger partial charge in [-0.25, -0.2) is 5.01 Å². The van der Waals surface area contributed by atoms with E-state index < -0.39 is 5.97 Å². The number of carboxylic acids is 1. The van der Waals surface area contributed by atoms with Gasteiger partial charge in [0.15, 0.2) is 0 Å². The Labute approximate surface area is 140 Å². The predicted molar refractivity (Wildman–Crippen MR) is 88.2 cm³/mol. The van der Waals surface area contributed by atoms with Gasteiger partial charge in [-0.3, -0.25) is 14.4 Å². The van der Waals surface area contributed by atoms with Crippen molar-refractivity contribution in [1.82, 2.24) is 10.3 Å². The molecule has 1 aromatic carbocycles. The number of carboxylic acid groups (broad SMARTS) is 1. The zero-order chi connectivity index (χ0) is 17.4. The van der Waals surface area contributed by atoms with Gasteiger partial charge in [0.2, 0.25) is 5.91 Å². The van der Waals surface area contributed by atoms with Crippen LogP contribution in [0.25, 0.3) is 0 Å². The number of benzene rings is 1. The molecule has 0 atom stereocenters. The van der Waals surface area contributed by atoms with Crippen LogP contribution in [0.1, 0.15) is 37.7 Å². The van der Waals surface area contributed by atoms with E-state index in [-0.39, 0.29) is 24.7 Å². The molecule has 1 aromatic rings. The van der Waals surface area contributed by atoms with Crippen molar-refractivity contribution in [2.75, 3.05) is 6.54 Å². The summed E-state index contributed by atoms with van der Waals surface area (Å²) in [5.41, 5.74) is 1.29. The van der Waals surface area contributed by atoms with E-state index >= 15 is 0 Å². The molecule has 24 heavy (non-hydrogen) atoms. The first-order valence-electron chi connectivity index (χ1n) is 7.98. The van der Waals surface area contributed by atoms with Gasteiger partial charge in [0.1, 0.15) is 5.71 Å². The molecule has 0 spiro atoms. The van der Waals surface area contributed by atoms with Crippen LogP contribution in [-0.4, -0.2) is 40.2 Å². The van der Waals surface area contributed by atoms with E-state index in [4.69, 9.17) is 5.11 Å². The SMILES string of the molecule is O=C(O)CCCCNC(=O)C1=NN(Cc2ccccc2)C(=O)CC1. The Kier molecular flexibility index (Phi) is 6.48. The molecule has 1 heterocycles. The maximum atomic E-state index is 12.1. The molecule has 0 aliphatic carbocycles. The van der Waals surface area contributed by atoms with E-state index in [2.05, 4.69) is 10.4 Å². The lowest BCUT2D eigenvalue weighted by Crippen LogP contribution is -2.39. The highest BCUT2D eigenvalue weighted by Crippen LogP contribution is 2.13. The zero-order valence-electron chi connectivity index (χ0n) is 13.4. The molecule has 1 aliphatic rings. The standard InChI is InChI=1S/C17H21N3O4/c21-15-10-9-14(17(24)18-11-5-4-8-16(22)23)19-20(15)12-13-6-2-1-3-7-13/h1-3,6-7H,4-5,8-12H2,(H,18,24)(H,22,23). The van der Waals surface area contributed by atoms with Crippen LogP contribution < -0.4 is 5.32 Å². The second-order valence-corrected chi connectivity index (χ2v) is 5.59. The summed E-state index contributed by atoms with van der Waals surface area (Å²) in [5.74, 6) is -1.24. The van der Waals surface area contributed by atoms with Crippen molar-refractivity contribution >= 4 is 23.5 Å². The summed E-state index contributed by atoms with van der Waals surface area (Å²) in [6.45, 7) is 0.743. The van der Waals surface area contributed by atoms with Crippen LogP contribution in [0.15, 0.2) is 35.4 Å². The predicted octanol–water partition coefficient (Wildman–Crippen LogP) is 1.54. The lowest BCUT2D eigenvalue weighted by atomic mass is 10.1. The largest absolute Gasteiger partial charge is 0.481 e. The molecule has 0 bridgehead atoms. The van der Waals surface area contributed by atoms with Crippen molar-refractivity contribution in [1.29, 1.82) is 0 Å². The van der Waals surface area contributed by atoms with Gasteiger partial charge < -0.3 is 10.4 Å². The van der Waals surface area contributed by atoms with Crippen molar-refractivity contribution in [2.24, 2.45) is 5.10 Å². The average molecular weight is 331 g/mol. The maximum absolute atomic E-state index is 12.1. The number of nitrogens with one attached hydrogen (secondary N) is 1.